The second-order valence-corrected chi connectivity index (χ2v) is 10.6. The van der Waals surface area contributed by atoms with Crippen LogP contribution in [0.3, 0.4) is 0 Å². The normalized spacial score (nSPS) is 14.5. The lowest BCUT2D eigenvalue weighted by Gasteiger charge is -2.18. The average Bonchev–Trinajstić information content (AvgIpc) is 3.07. The van der Waals surface area contributed by atoms with Gasteiger partial charge in [-0.3, -0.25) is 4.79 Å². The third-order valence-electron chi connectivity index (χ3n) is 4.91. The molecule has 0 unspecified atom stereocenters. The van der Waals surface area contributed by atoms with Crippen molar-refractivity contribution in [3.63, 3.8) is 0 Å². The highest BCUT2D eigenvalue weighted by atomic mass is 32.2. The molecule has 0 saturated heterocycles. The fourth-order valence-electron chi connectivity index (χ4n) is 3.21. The van der Waals surface area contributed by atoms with Gasteiger partial charge in [-0.05, 0) is 45.0 Å². The molecule has 0 atom stereocenters. The predicted molar refractivity (Wildman–Crippen MR) is 115 cm³/mol. The molecule has 158 valence electrons. The molecular formula is C21H22N2O5S2. The first-order valence-corrected chi connectivity index (χ1v) is 12.0. The zero-order chi connectivity index (χ0) is 21.5. The molecule has 2 aromatic carbocycles. The number of hydrogen-bond donors (Lipinski definition) is 0. The fourth-order valence-corrected chi connectivity index (χ4v) is 5.37. The molecule has 3 aromatic rings. The number of fused-ring (bicyclic) bond motifs is 2. The van der Waals surface area contributed by atoms with Gasteiger partial charge in [0, 0.05) is 24.2 Å². The van der Waals surface area contributed by atoms with Crippen LogP contribution < -0.4 is 14.3 Å². The Kier molecular flexibility index (Phi) is 5.42. The van der Waals surface area contributed by atoms with E-state index in [1.807, 2.05) is 23.6 Å². The molecule has 9 heteroatoms. The number of hydrogen-bond acceptors (Lipinski definition) is 6. The van der Waals surface area contributed by atoms with Crippen molar-refractivity contribution < 1.29 is 22.7 Å². The molecule has 0 saturated carbocycles. The summed E-state index contributed by atoms with van der Waals surface area (Å²) in [4.78, 5) is 17.8. The summed E-state index contributed by atoms with van der Waals surface area (Å²) in [6.07, 6.45) is 0. The molecule has 4 rings (SSSR count). The number of amides is 1. The Hall–Kier alpha value is -2.65. The Morgan fingerprint density at radius 3 is 2.37 bits per heavy atom. The van der Waals surface area contributed by atoms with Crippen LogP contribution in [0.25, 0.3) is 10.2 Å². The van der Waals surface area contributed by atoms with Crippen LogP contribution in [-0.2, 0) is 16.4 Å². The molecule has 0 N–H and O–H groups in total. The first kappa shape index (κ1) is 20.6. The van der Waals surface area contributed by atoms with E-state index in [2.05, 4.69) is 4.99 Å². The van der Waals surface area contributed by atoms with E-state index in [4.69, 9.17) is 9.47 Å². The minimum Gasteiger partial charge on any atom is -0.486 e. The summed E-state index contributed by atoms with van der Waals surface area (Å²) in [5.41, 5.74) is 1.26. The Balaban J connectivity index is 1.73. The highest BCUT2D eigenvalue weighted by Gasteiger charge is 2.20. The van der Waals surface area contributed by atoms with Crippen LogP contribution in [0.2, 0.25) is 0 Å². The van der Waals surface area contributed by atoms with Crippen LogP contribution in [0.1, 0.15) is 31.1 Å². The number of thiazole rings is 1. The van der Waals surface area contributed by atoms with Crippen LogP contribution in [0.4, 0.5) is 0 Å². The van der Waals surface area contributed by atoms with E-state index in [-0.39, 0.29) is 4.90 Å². The lowest BCUT2D eigenvalue weighted by Crippen LogP contribution is -2.17. The molecule has 0 fully saturated rings. The van der Waals surface area contributed by atoms with E-state index in [1.54, 1.807) is 13.8 Å². The van der Waals surface area contributed by atoms with E-state index in [0.717, 1.165) is 10.2 Å². The van der Waals surface area contributed by atoms with Crippen LogP contribution in [0.5, 0.6) is 11.5 Å². The van der Waals surface area contributed by atoms with E-state index < -0.39 is 21.0 Å². The number of carbonyl (C=O) groups is 1. The van der Waals surface area contributed by atoms with Crippen molar-refractivity contribution in [2.75, 3.05) is 13.2 Å². The molecule has 2 heterocycles. The summed E-state index contributed by atoms with van der Waals surface area (Å²) in [6.45, 7) is 6.89. The Bertz CT molecular complexity index is 1290. The van der Waals surface area contributed by atoms with Gasteiger partial charge < -0.3 is 14.0 Å². The van der Waals surface area contributed by atoms with Crippen molar-refractivity contribution in [2.24, 2.45) is 4.99 Å². The SMILES string of the molecule is CCn1c(=NC(=O)c2ccc(S(=O)(=O)C(C)C)cc2)sc2cc3c(cc21)OCCO3. The first-order valence-electron chi connectivity index (χ1n) is 9.67. The van der Waals surface area contributed by atoms with Crippen molar-refractivity contribution in [3.8, 4) is 11.5 Å². The maximum Gasteiger partial charge on any atom is 0.279 e. The average molecular weight is 447 g/mol. The maximum absolute atomic E-state index is 12.7. The molecule has 1 aliphatic rings. The minimum atomic E-state index is -3.38. The van der Waals surface area contributed by atoms with Crippen molar-refractivity contribution in [2.45, 2.75) is 37.5 Å². The molecule has 0 aliphatic carbocycles. The van der Waals surface area contributed by atoms with E-state index in [0.29, 0.717) is 41.6 Å². The number of benzene rings is 2. The van der Waals surface area contributed by atoms with E-state index in [9.17, 15) is 13.2 Å². The minimum absolute atomic E-state index is 0.199. The lowest BCUT2D eigenvalue weighted by atomic mass is 10.2. The van der Waals surface area contributed by atoms with Crippen LogP contribution >= 0.6 is 11.3 Å². The van der Waals surface area contributed by atoms with Gasteiger partial charge in [0.2, 0.25) is 0 Å². The van der Waals surface area contributed by atoms with Gasteiger partial charge in [0.05, 0.1) is 20.4 Å². The zero-order valence-electron chi connectivity index (χ0n) is 16.9. The van der Waals surface area contributed by atoms with Crippen molar-refractivity contribution in [3.05, 3.63) is 46.8 Å². The van der Waals surface area contributed by atoms with Gasteiger partial charge in [0.1, 0.15) is 13.2 Å². The molecule has 0 radical (unpaired) electrons. The van der Waals surface area contributed by atoms with Crippen molar-refractivity contribution >= 4 is 37.3 Å². The van der Waals surface area contributed by atoms with Gasteiger partial charge in [-0.1, -0.05) is 11.3 Å². The number of aromatic nitrogens is 1. The second kappa shape index (κ2) is 7.88. The molecular weight excluding hydrogens is 424 g/mol. The van der Waals surface area contributed by atoms with Gasteiger partial charge in [-0.25, -0.2) is 8.42 Å². The summed E-state index contributed by atoms with van der Waals surface area (Å²) in [5, 5.41) is -0.524. The molecule has 0 spiro atoms. The summed E-state index contributed by atoms with van der Waals surface area (Å²) < 4.78 is 38.7. The third-order valence-corrected chi connectivity index (χ3v) is 8.12. The highest BCUT2D eigenvalue weighted by Crippen LogP contribution is 2.35. The van der Waals surface area contributed by atoms with Crippen LogP contribution in [-0.4, -0.2) is 37.4 Å². The van der Waals surface area contributed by atoms with Crippen LogP contribution in [0.15, 0.2) is 46.3 Å². The van der Waals surface area contributed by atoms with E-state index >= 15 is 0 Å². The molecule has 1 aromatic heterocycles. The quantitative estimate of drug-likeness (QED) is 0.613. The van der Waals surface area contributed by atoms with Crippen molar-refractivity contribution in [1.82, 2.24) is 4.57 Å². The fraction of sp³-hybridized carbons (Fsp3) is 0.333. The molecule has 0 bridgehead atoms. The Morgan fingerprint density at radius 2 is 1.77 bits per heavy atom. The number of aryl methyl sites for hydroxylation is 1. The number of rotatable bonds is 4. The van der Waals surface area contributed by atoms with Gasteiger partial charge >= 0.3 is 0 Å². The lowest BCUT2D eigenvalue weighted by molar-refractivity contribution is 0.0997. The topological polar surface area (TPSA) is 87.0 Å². The van der Waals surface area contributed by atoms with E-state index in [1.165, 1.54) is 35.6 Å². The Labute approximate surface area is 178 Å². The number of ether oxygens (including phenoxy) is 2. The summed E-state index contributed by atoms with van der Waals surface area (Å²) in [6, 6.07) is 9.75. The number of carbonyl (C=O) groups excluding carboxylic acids is 1. The van der Waals surface area contributed by atoms with Crippen molar-refractivity contribution in [1.29, 1.82) is 0 Å². The maximum atomic E-state index is 12.7. The van der Waals surface area contributed by atoms with Gasteiger partial charge in [-0.15, -0.1) is 0 Å². The smallest absolute Gasteiger partial charge is 0.279 e. The summed E-state index contributed by atoms with van der Waals surface area (Å²) >= 11 is 1.40. The summed E-state index contributed by atoms with van der Waals surface area (Å²) in [5.74, 6) is 0.959. The zero-order valence-corrected chi connectivity index (χ0v) is 18.5. The molecule has 7 nitrogen and oxygen atoms in total. The third kappa shape index (κ3) is 3.63. The second-order valence-electron chi connectivity index (χ2n) is 7.13. The monoisotopic (exact) mass is 446 g/mol. The number of sulfone groups is 1. The Morgan fingerprint density at radius 1 is 1.13 bits per heavy atom. The molecule has 1 aliphatic heterocycles. The molecule has 30 heavy (non-hydrogen) atoms. The van der Waals surface area contributed by atoms with Gasteiger partial charge in [-0.2, -0.15) is 4.99 Å². The summed E-state index contributed by atoms with van der Waals surface area (Å²) in [7, 11) is -3.38. The predicted octanol–water partition coefficient (Wildman–Crippen LogP) is 3.42. The van der Waals surface area contributed by atoms with Crippen LogP contribution in [0, 0.1) is 0 Å². The molecule has 1 amide bonds. The van der Waals surface area contributed by atoms with Gasteiger partial charge in [0.25, 0.3) is 5.91 Å². The standard InChI is InChI=1S/C21H22N2O5S2/c1-4-23-16-11-17-18(28-10-9-27-17)12-19(16)29-21(23)22-20(24)14-5-7-15(8-6-14)30(25,26)13(2)3/h5-8,11-13H,4,9-10H2,1-3H3. The highest BCUT2D eigenvalue weighted by molar-refractivity contribution is 7.92. The largest absolute Gasteiger partial charge is 0.486 e. The van der Waals surface area contributed by atoms with Gasteiger partial charge in [0.15, 0.2) is 26.1 Å². The first-order chi connectivity index (χ1) is 14.3. The number of nitrogens with zero attached hydrogens (tertiary/aromatic N) is 2.